The van der Waals surface area contributed by atoms with E-state index < -0.39 is 12.1 Å². The lowest BCUT2D eigenvalue weighted by atomic mass is 9.88. The predicted octanol–water partition coefficient (Wildman–Crippen LogP) is 7.10. The molecule has 0 amide bonds. The van der Waals surface area contributed by atoms with Gasteiger partial charge in [0.25, 0.3) is 0 Å². The lowest BCUT2D eigenvalue weighted by molar-refractivity contribution is 0.0697. The van der Waals surface area contributed by atoms with Crippen LogP contribution in [0.3, 0.4) is 0 Å². The largest absolute Gasteiger partial charge is 0.478 e. The van der Waals surface area contributed by atoms with Crippen LogP contribution in [0.25, 0.3) is 11.1 Å². The Hall–Kier alpha value is -3.35. The van der Waals surface area contributed by atoms with Crippen molar-refractivity contribution in [1.29, 1.82) is 0 Å². The van der Waals surface area contributed by atoms with Gasteiger partial charge in [-0.05, 0) is 95.6 Å². The third kappa shape index (κ3) is 6.74. The minimum atomic E-state index is -0.939. The van der Waals surface area contributed by atoms with E-state index in [1.165, 1.54) is 11.1 Å². The van der Waals surface area contributed by atoms with Crippen LogP contribution in [0.2, 0.25) is 5.02 Å². The van der Waals surface area contributed by atoms with Gasteiger partial charge in [0.1, 0.15) is 11.5 Å². The van der Waals surface area contributed by atoms with Gasteiger partial charge in [-0.3, -0.25) is 0 Å². The van der Waals surface area contributed by atoms with Crippen LogP contribution in [0.4, 0.5) is 0 Å². The molecule has 0 aliphatic heterocycles. The van der Waals surface area contributed by atoms with E-state index in [4.69, 9.17) is 21.4 Å². The Labute approximate surface area is 233 Å². The number of halogens is 2. The van der Waals surface area contributed by atoms with Crippen molar-refractivity contribution in [2.75, 3.05) is 6.54 Å². The fraction of sp³-hybridized carbons (Fsp3) is 0.194. The number of ether oxygens (including phenoxy) is 1. The molecule has 0 heterocycles. The first-order valence-corrected chi connectivity index (χ1v) is 12.7. The van der Waals surface area contributed by atoms with E-state index in [0.717, 1.165) is 47.5 Å². The number of nitrogens with one attached hydrogen (secondary N) is 1. The zero-order valence-corrected chi connectivity index (χ0v) is 22.2. The Kier molecular flexibility index (Phi) is 9.08. The number of aryl methyl sites for hydroxylation is 1. The molecule has 3 N–H and O–H groups in total. The van der Waals surface area contributed by atoms with E-state index >= 15 is 0 Å². The molecule has 0 aromatic heterocycles. The zero-order chi connectivity index (χ0) is 25.8. The average molecular weight is 550 g/mol. The highest BCUT2D eigenvalue weighted by Gasteiger charge is 2.20. The lowest BCUT2D eigenvalue weighted by Crippen LogP contribution is -2.37. The van der Waals surface area contributed by atoms with Crippen molar-refractivity contribution in [3.05, 3.63) is 118 Å². The third-order valence-electron chi connectivity index (χ3n) is 6.77. The Balaban J connectivity index is 0.00000336. The molecule has 38 heavy (non-hydrogen) atoms. The van der Waals surface area contributed by atoms with Crippen molar-refractivity contribution in [2.45, 2.75) is 31.4 Å². The van der Waals surface area contributed by atoms with E-state index in [1.807, 2.05) is 42.5 Å². The van der Waals surface area contributed by atoms with Gasteiger partial charge in [-0.1, -0.05) is 54.1 Å². The first-order chi connectivity index (χ1) is 17.9. The van der Waals surface area contributed by atoms with E-state index in [1.54, 1.807) is 36.4 Å². The molecule has 5 rings (SSSR count). The molecule has 1 aliphatic carbocycles. The summed E-state index contributed by atoms with van der Waals surface area (Å²) >= 11 is 6.06. The highest BCUT2D eigenvalue weighted by molar-refractivity contribution is 6.30. The molecular weight excluding hydrogens is 521 g/mol. The molecule has 0 bridgehead atoms. The van der Waals surface area contributed by atoms with Crippen molar-refractivity contribution in [3.63, 3.8) is 0 Å². The van der Waals surface area contributed by atoms with Crippen molar-refractivity contribution in [2.24, 2.45) is 0 Å². The maximum atomic E-state index is 11.1. The van der Waals surface area contributed by atoms with Gasteiger partial charge in [-0.25, -0.2) is 4.79 Å². The maximum Gasteiger partial charge on any atom is 0.335 e. The number of rotatable bonds is 8. The molecule has 5 nitrogen and oxygen atoms in total. The van der Waals surface area contributed by atoms with Crippen molar-refractivity contribution >= 4 is 30.0 Å². The molecule has 7 heteroatoms. The Morgan fingerprint density at radius 2 is 1.68 bits per heavy atom. The van der Waals surface area contributed by atoms with Gasteiger partial charge in [-0.2, -0.15) is 0 Å². The van der Waals surface area contributed by atoms with Crippen molar-refractivity contribution in [1.82, 2.24) is 5.32 Å². The topological polar surface area (TPSA) is 78.8 Å². The molecule has 0 fully saturated rings. The van der Waals surface area contributed by atoms with Gasteiger partial charge >= 0.3 is 5.97 Å². The fourth-order valence-electron chi connectivity index (χ4n) is 4.76. The van der Waals surface area contributed by atoms with Crippen LogP contribution in [0.1, 0.15) is 39.6 Å². The monoisotopic (exact) mass is 549 g/mol. The molecule has 0 radical (unpaired) electrons. The fourth-order valence-corrected chi connectivity index (χ4v) is 4.96. The van der Waals surface area contributed by atoms with Crippen LogP contribution in [-0.2, 0) is 12.8 Å². The van der Waals surface area contributed by atoms with E-state index in [0.29, 0.717) is 11.6 Å². The molecule has 0 unspecified atom stereocenters. The second-order valence-electron chi connectivity index (χ2n) is 9.36. The Morgan fingerprint density at radius 3 is 2.45 bits per heavy atom. The van der Waals surface area contributed by atoms with Crippen molar-refractivity contribution in [3.8, 4) is 22.6 Å². The summed E-state index contributed by atoms with van der Waals surface area (Å²) in [4.78, 5) is 11.1. The summed E-state index contributed by atoms with van der Waals surface area (Å²) in [7, 11) is 0. The molecule has 4 aromatic carbocycles. The summed E-state index contributed by atoms with van der Waals surface area (Å²) in [5.41, 5.74) is 5.53. The van der Waals surface area contributed by atoms with Crippen LogP contribution >= 0.6 is 24.0 Å². The normalized spacial score (nSPS) is 15.2. The first kappa shape index (κ1) is 27.7. The van der Waals surface area contributed by atoms with Crippen LogP contribution < -0.4 is 10.1 Å². The summed E-state index contributed by atoms with van der Waals surface area (Å²) in [5, 5.41) is 23.8. The summed E-state index contributed by atoms with van der Waals surface area (Å²) in [6.45, 7) is 0.469. The Bertz CT molecular complexity index is 1410. The minimum Gasteiger partial charge on any atom is -0.478 e. The van der Waals surface area contributed by atoms with Gasteiger partial charge in [0.2, 0.25) is 0 Å². The number of benzene rings is 4. The van der Waals surface area contributed by atoms with Gasteiger partial charge < -0.3 is 20.3 Å². The average Bonchev–Trinajstić information content (AvgIpc) is 2.91. The minimum absolute atomic E-state index is 0. The predicted molar refractivity (Wildman–Crippen MR) is 153 cm³/mol. The van der Waals surface area contributed by atoms with Crippen LogP contribution in [0, 0.1) is 0 Å². The third-order valence-corrected chi connectivity index (χ3v) is 7.01. The molecular formula is C31H29Cl2NO4. The summed E-state index contributed by atoms with van der Waals surface area (Å²) in [6.07, 6.45) is 2.24. The van der Waals surface area contributed by atoms with Crippen LogP contribution in [0.15, 0.2) is 91.0 Å². The second kappa shape index (κ2) is 12.5. The van der Waals surface area contributed by atoms with E-state index in [-0.39, 0.29) is 24.0 Å². The van der Waals surface area contributed by atoms with E-state index in [2.05, 4.69) is 17.4 Å². The number of hydrogen-bond donors (Lipinski definition) is 3. The molecule has 0 saturated heterocycles. The highest BCUT2D eigenvalue weighted by Crippen LogP contribution is 2.31. The number of aromatic carboxylic acids is 1. The molecule has 4 aromatic rings. The number of carboxylic acids is 1. The number of carboxylic acid groups (broad SMARTS) is 1. The van der Waals surface area contributed by atoms with Gasteiger partial charge in [0.15, 0.2) is 0 Å². The molecule has 2 atom stereocenters. The number of aliphatic hydroxyl groups is 1. The smallest absolute Gasteiger partial charge is 0.335 e. The molecule has 0 saturated carbocycles. The quantitative estimate of drug-likeness (QED) is 0.218. The summed E-state index contributed by atoms with van der Waals surface area (Å²) in [6, 6.07) is 28.4. The number of fused-ring (bicyclic) bond motifs is 1. The molecule has 196 valence electrons. The second-order valence-corrected chi connectivity index (χ2v) is 9.80. The van der Waals surface area contributed by atoms with Crippen LogP contribution in [0.5, 0.6) is 11.5 Å². The summed E-state index contributed by atoms with van der Waals surface area (Å²) < 4.78 is 6.20. The molecule has 0 spiro atoms. The van der Waals surface area contributed by atoms with Crippen LogP contribution in [-0.4, -0.2) is 28.8 Å². The Morgan fingerprint density at radius 1 is 0.921 bits per heavy atom. The van der Waals surface area contributed by atoms with Gasteiger partial charge in [-0.15, -0.1) is 12.4 Å². The van der Waals surface area contributed by atoms with Crippen molar-refractivity contribution < 1.29 is 19.7 Å². The standard InChI is InChI=1S/C31H28ClNO4.ClH/c32-26-5-1-4-24(15-26)30(34)19-33-27-13-11-21-12-14-29(18-25(21)16-27)37-28-6-2-3-23(17-28)20-7-9-22(10-8-20)31(35)36;/h1-10,12,14-15,17-18,27,30,33-34H,11,13,16,19H2,(H,35,36);1H/t27-,30+;/m0./s1. The van der Waals surface area contributed by atoms with E-state index in [9.17, 15) is 9.90 Å². The number of aliphatic hydroxyl groups excluding tert-OH is 1. The zero-order valence-electron chi connectivity index (χ0n) is 20.6. The SMILES string of the molecule is Cl.O=C(O)c1ccc(-c2cccc(Oc3ccc4c(c3)C[C@@H](NC[C@@H](O)c3cccc(Cl)c3)CC4)c2)cc1. The van der Waals surface area contributed by atoms with Gasteiger partial charge in [0, 0.05) is 17.6 Å². The maximum absolute atomic E-state index is 11.1. The lowest BCUT2D eigenvalue weighted by Gasteiger charge is -2.27. The van der Waals surface area contributed by atoms with Gasteiger partial charge in [0.05, 0.1) is 11.7 Å². The number of carbonyl (C=O) groups is 1. The molecule has 1 aliphatic rings. The summed E-state index contributed by atoms with van der Waals surface area (Å²) in [5.74, 6) is 0.553. The highest BCUT2D eigenvalue weighted by atomic mass is 35.5. The number of hydrogen-bond acceptors (Lipinski definition) is 4. The first-order valence-electron chi connectivity index (χ1n) is 12.3.